The first kappa shape index (κ1) is 16.9. The van der Waals surface area contributed by atoms with Crippen LogP contribution in [0.4, 0.5) is 5.69 Å². The van der Waals surface area contributed by atoms with Crippen LogP contribution in [0.1, 0.15) is 18.5 Å². The molecule has 1 N–H and O–H groups in total. The third-order valence-electron chi connectivity index (χ3n) is 5.05. The van der Waals surface area contributed by atoms with E-state index in [1.807, 2.05) is 18.2 Å². The summed E-state index contributed by atoms with van der Waals surface area (Å²) < 4.78 is 0. The number of rotatable bonds is 3. The number of aromatic hydroxyl groups is 1. The Morgan fingerprint density at radius 2 is 2.12 bits per heavy atom. The minimum Gasteiger partial charge on any atom is -0.508 e. The maximum atomic E-state index is 9.73. The van der Waals surface area contributed by atoms with E-state index in [9.17, 15) is 5.11 Å². The van der Waals surface area contributed by atoms with Gasteiger partial charge in [-0.3, -0.25) is 4.84 Å². The molecule has 2 aliphatic heterocycles. The molecule has 4 rings (SSSR count). The number of halogens is 2. The number of phenols is 1. The molecular weight excluding hydrogens is 361 g/mol. The minimum absolute atomic E-state index is 0.0639. The third kappa shape index (κ3) is 3.17. The lowest BCUT2D eigenvalue weighted by Crippen LogP contribution is -2.36. The third-order valence-corrected chi connectivity index (χ3v) is 5.74. The molecule has 2 aromatic rings. The summed E-state index contributed by atoms with van der Waals surface area (Å²) in [5.41, 5.74) is 2.02. The number of anilines is 1. The van der Waals surface area contributed by atoms with Crippen LogP contribution in [0.2, 0.25) is 10.2 Å². The Balaban J connectivity index is 1.52. The predicted molar refractivity (Wildman–Crippen MR) is 98.1 cm³/mol. The van der Waals surface area contributed by atoms with Crippen LogP contribution in [-0.4, -0.2) is 40.9 Å². The number of nitrogens with zero attached hydrogens (tertiary/aromatic N) is 3. The van der Waals surface area contributed by atoms with E-state index in [0.29, 0.717) is 22.7 Å². The SMILES string of the molecule is CC(c1cccc(O)c1)N1OCC2CN(c3cnc(Cl)c(Cl)c3)CC21. The molecule has 3 atom stereocenters. The van der Waals surface area contributed by atoms with E-state index < -0.39 is 0 Å². The van der Waals surface area contributed by atoms with Crippen molar-refractivity contribution in [1.29, 1.82) is 0 Å². The van der Waals surface area contributed by atoms with Gasteiger partial charge >= 0.3 is 0 Å². The van der Waals surface area contributed by atoms with Crippen molar-refractivity contribution in [2.24, 2.45) is 5.92 Å². The molecule has 0 amide bonds. The Labute approximate surface area is 156 Å². The Hall–Kier alpha value is -1.53. The molecule has 2 saturated heterocycles. The molecule has 0 bridgehead atoms. The summed E-state index contributed by atoms with van der Waals surface area (Å²) in [6.45, 7) is 4.53. The zero-order valence-electron chi connectivity index (χ0n) is 13.8. The molecule has 132 valence electrons. The summed E-state index contributed by atoms with van der Waals surface area (Å²) in [5.74, 6) is 0.698. The first-order valence-corrected chi connectivity index (χ1v) is 9.04. The molecule has 2 aliphatic rings. The first-order valence-electron chi connectivity index (χ1n) is 8.29. The van der Waals surface area contributed by atoms with Gasteiger partial charge in [-0.1, -0.05) is 35.3 Å². The average molecular weight is 380 g/mol. The van der Waals surface area contributed by atoms with Crippen molar-refractivity contribution < 1.29 is 9.94 Å². The van der Waals surface area contributed by atoms with Gasteiger partial charge in [0.05, 0.1) is 35.6 Å². The second kappa shape index (κ2) is 6.65. The molecule has 0 aliphatic carbocycles. The smallest absolute Gasteiger partial charge is 0.147 e. The van der Waals surface area contributed by atoms with E-state index in [4.69, 9.17) is 28.0 Å². The molecule has 3 unspecified atom stereocenters. The van der Waals surface area contributed by atoms with Crippen molar-refractivity contribution in [3.63, 3.8) is 0 Å². The Morgan fingerprint density at radius 1 is 1.28 bits per heavy atom. The minimum atomic E-state index is 0.0639. The van der Waals surface area contributed by atoms with E-state index in [2.05, 4.69) is 21.9 Å². The largest absolute Gasteiger partial charge is 0.508 e. The molecule has 1 aromatic heterocycles. The maximum Gasteiger partial charge on any atom is 0.147 e. The van der Waals surface area contributed by atoms with Gasteiger partial charge in [-0.25, -0.2) is 4.98 Å². The van der Waals surface area contributed by atoms with Crippen LogP contribution >= 0.6 is 23.2 Å². The molecule has 0 spiro atoms. The van der Waals surface area contributed by atoms with Gasteiger partial charge in [0.1, 0.15) is 10.9 Å². The Bertz CT molecular complexity index is 789. The number of hydrogen-bond acceptors (Lipinski definition) is 5. The molecule has 2 fully saturated rings. The van der Waals surface area contributed by atoms with Crippen molar-refractivity contribution in [3.8, 4) is 5.75 Å². The van der Waals surface area contributed by atoms with Crippen LogP contribution in [0.5, 0.6) is 5.75 Å². The number of aromatic nitrogens is 1. The van der Waals surface area contributed by atoms with Gasteiger partial charge in [-0.2, -0.15) is 5.06 Å². The summed E-state index contributed by atoms with van der Waals surface area (Å²) in [6.07, 6.45) is 1.76. The van der Waals surface area contributed by atoms with Crippen LogP contribution < -0.4 is 4.90 Å². The number of pyridine rings is 1. The number of phenolic OH excluding ortho intramolecular Hbond substituents is 1. The van der Waals surface area contributed by atoms with Crippen molar-refractivity contribution in [2.75, 3.05) is 24.6 Å². The van der Waals surface area contributed by atoms with Gasteiger partial charge in [0.15, 0.2) is 0 Å². The van der Waals surface area contributed by atoms with Gasteiger partial charge < -0.3 is 10.0 Å². The number of benzene rings is 1. The molecular formula is C18H19Cl2N3O2. The maximum absolute atomic E-state index is 9.73. The van der Waals surface area contributed by atoms with E-state index in [-0.39, 0.29) is 17.8 Å². The molecule has 3 heterocycles. The zero-order valence-corrected chi connectivity index (χ0v) is 15.3. The van der Waals surface area contributed by atoms with Crippen LogP contribution in [0.3, 0.4) is 0 Å². The standard InChI is InChI=1S/C18H19Cl2N3O2/c1-11(12-3-2-4-15(24)5-12)23-17-9-22(8-13(17)10-25-23)14-6-16(19)18(20)21-7-14/h2-7,11,13,17,24H,8-10H2,1H3. The molecule has 0 saturated carbocycles. The normalized spacial score (nSPS) is 24.5. The summed E-state index contributed by atoms with van der Waals surface area (Å²) in [6, 6.07) is 9.55. The van der Waals surface area contributed by atoms with Crippen LogP contribution in [0, 0.1) is 5.92 Å². The topological polar surface area (TPSA) is 48.8 Å². The molecule has 1 aromatic carbocycles. The highest BCUT2D eigenvalue weighted by atomic mass is 35.5. The second-order valence-electron chi connectivity index (χ2n) is 6.63. The second-order valence-corrected chi connectivity index (χ2v) is 7.39. The fraction of sp³-hybridized carbons (Fsp3) is 0.389. The van der Waals surface area contributed by atoms with Crippen LogP contribution in [0.25, 0.3) is 0 Å². The lowest BCUT2D eigenvalue weighted by molar-refractivity contribution is -0.158. The predicted octanol–water partition coefficient (Wildman–Crippen LogP) is 3.91. The van der Waals surface area contributed by atoms with E-state index >= 15 is 0 Å². The average Bonchev–Trinajstić information content (AvgIpc) is 3.17. The molecule has 25 heavy (non-hydrogen) atoms. The molecule has 5 nitrogen and oxygen atoms in total. The summed E-state index contributed by atoms with van der Waals surface area (Å²) in [4.78, 5) is 12.4. The highest BCUT2D eigenvalue weighted by Crippen LogP contribution is 2.38. The van der Waals surface area contributed by atoms with Gasteiger partial charge in [-0.05, 0) is 30.7 Å². The van der Waals surface area contributed by atoms with Crippen LogP contribution in [0.15, 0.2) is 36.5 Å². The van der Waals surface area contributed by atoms with Gasteiger partial charge in [0, 0.05) is 19.0 Å². The van der Waals surface area contributed by atoms with E-state index in [1.54, 1.807) is 18.3 Å². The monoisotopic (exact) mass is 379 g/mol. The fourth-order valence-electron chi connectivity index (χ4n) is 3.71. The summed E-state index contributed by atoms with van der Waals surface area (Å²) in [5, 5.41) is 12.6. The van der Waals surface area contributed by atoms with Crippen molar-refractivity contribution in [2.45, 2.75) is 19.0 Å². The van der Waals surface area contributed by atoms with Gasteiger partial charge in [-0.15, -0.1) is 0 Å². The number of fused-ring (bicyclic) bond motifs is 1. The summed E-state index contributed by atoms with van der Waals surface area (Å²) in [7, 11) is 0. The Kier molecular flexibility index (Phi) is 4.50. The Morgan fingerprint density at radius 3 is 2.88 bits per heavy atom. The first-order chi connectivity index (χ1) is 12.0. The lowest BCUT2D eigenvalue weighted by atomic mass is 10.0. The quantitative estimate of drug-likeness (QED) is 0.819. The lowest BCUT2D eigenvalue weighted by Gasteiger charge is -2.29. The highest BCUT2D eigenvalue weighted by Gasteiger charge is 2.45. The fourth-order valence-corrected chi connectivity index (χ4v) is 3.97. The molecule has 0 radical (unpaired) electrons. The van der Waals surface area contributed by atoms with E-state index in [0.717, 1.165) is 24.3 Å². The van der Waals surface area contributed by atoms with E-state index in [1.165, 1.54) is 0 Å². The number of hydroxylamine groups is 2. The molecule has 7 heteroatoms. The van der Waals surface area contributed by atoms with Crippen molar-refractivity contribution in [1.82, 2.24) is 10.0 Å². The zero-order chi connectivity index (χ0) is 17.6. The summed E-state index contributed by atoms with van der Waals surface area (Å²) >= 11 is 12.0. The number of hydrogen-bond donors (Lipinski definition) is 1. The van der Waals surface area contributed by atoms with Crippen LogP contribution in [-0.2, 0) is 4.84 Å². The van der Waals surface area contributed by atoms with Crippen molar-refractivity contribution in [3.05, 3.63) is 52.3 Å². The van der Waals surface area contributed by atoms with Gasteiger partial charge in [0.25, 0.3) is 0 Å². The van der Waals surface area contributed by atoms with Gasteiger partial charge in [0.2, 0.25) is 0 Å². The highest BCUT2D eigenvalue weighted by molar-refractivity contribution is 6.41. The van der Waals surface area contributed by atoms with Crippen molar-refractivity contribution >= 4 is 28.9 Å².